The Labute approximate surface area is 297 Å². The fourth-order valence-corrected chi connectivity index (χ4v) is 7.48. The molecular weight excluding hydrogens is 621 g/mol. The summed E-state index contributed by atoms with van der Waals surface area (Å²) in [6.45, 7) is 7.82. The largest absolute Gasteiger partial charge is 0.238 e. The first kappa shape index (κ1) is 30.1. The summed E-state index contributed by atoms with van der Waals surface area (Å²) in [6.07, 6.45) is 0. The third kappa shape index (κ3) is 5.12. The molecule has 51 heavy (non-hydrogen) atoms. The van der Waals surface area contributed by atoms with E-state index in [4.69, 9.17) is 21.5 Å². The summed E-state index contributed by atoms with van der Waals surface area (Å²) in [5.74, 6) is 1.90. The molecule has 0 spiro atoms. The van der Waals surface area contributed by atoms with E-state index >= 15 is 0 Å². The monoisotopic (exact) mass is 650 g/mol. The third-order valence-corrected chi connectivity index (χ3v) is 9.84. The fraction of sp³-hybridized carbons (Fsp3) is 0.0213. The number of hydrogen-bond donors (Lipinski definition) is 0. The zero-order chi connectivity index (χ0) is 34.2. The molecule has 0 atom stereocenters. The van der Waals surface area contributed by atoms with Crippen molar-refractivity contribution in [3.8, 4) is 56.4 Å². The molecule has 0 aliphatic heterocycles. The van der Waals surface area contributed by atoms with Gasteiger partial charge in [0.15, 0.2) is 23.2 Å². The van der Waals surface area contributed by atoms with Crippen LogP contribution in [-0.4, -0.2) is 15.0 Å². The number of hydrogen-bond acceptors (Lipinski definition) is 3. The van der Waals surface area contributed by atoms with Crippen LogP contribution in [0, 0.1) is 6.57 Å². The number of fused-ring (bicyclic) bond motifs is 3. The van der Waals surface area contributed by atoms with Crippen LogP contribution in [0.25, 0.3) is 61.3 Å². The summed E-state index contributed by atoms with van der Waals surface area (Å²) in [6, 6.07) is 62.9. The summed E-state index contributed by atoms with van der Waals surface area (Å²) >= 11 is 0. The highest BCUT2D eigenvalue weighted by atomic mass is 15.0. The van der Waals surface area contributed by atoms with Crippen molar-refractivity contribution in [1.82, 2.24) is 15.0 Å². The van der Waals surface area contributed by atoms with Crippen LogP contribution < -0.4 is 0 Å². The normalized spacial score (nSPS) is 12.5. The molecule has 0 bridgehead atoms. The van der Waals surface area contributed by atoms with Gasteiger partial charge in [-0.15, -0.1) is 0 Å². The van der Waals surface area contributed by atoms with Gasteiger partial charge in [0.25, 0.3) is 0 Å². The van der Waals surface area contributed by atoms with E-state index in [2.05, 4.69) is 120 Å². The standard InChI is InChI=1S/C47H30N4/c1-48-39-27-29-43-41(31-39)40-30-36(26-28-42(40)47(43,37-18-10-4-11-19-37)38-20-12-5-13-21-38)32-22-24-35(25-23-32)46-50-44(33-14-6-2-7-15-33)49-45(51-46)34-16-8-3-9-17-34/h2-31H. The summed E-state index contributed by atoms with van der Waals surface area (Å²) < 4.78 is 0. The Morgan fingerprint density at radius 2 is 0.765 bits per heavy atom. The van der Waals surface area contributed by atoms with Crippen LogP contribution in [0.1, 0.15) is 22.3 Å². The van der Waals surface area contributed by atoms with Gasteiger partial charge in [0.1, 0.15) is 0 Å². The van der Waals surface area contributed by atoms with Crippen LogP contribution in [0.2, 0.25) is 0 Å². The molecule has 1 aliphatic carbocycles. The predicted octanol–water partition coefficient (Wildman–Crippen LogP) is 11.5. The first-order valence-electron chi connectivity index (χ1n) is 17.0. The minimum Gasteiger partial charge on any atom is -0.238 e. The van der Waals surface area contributed by atoms with Crippen molar-refractivity contribution in [3.05, 3.63) is 216 Å². The molecular formula is C47H30N4. The first-order valence-corrected chi connectivity index (χ1v) is 17.0. The lowest BCUT2D eigenvalue weighted by Crippen LogP contribution is -2.28. The van der Waals surface area contributed by atoms with Gasteiger partial charge >= 0.3 is 0 Å². The van der Waals surface area contributed by atoms with Gasteiger partial charge in [0.05, 0.1) is 12.0 Å². The molecule has 0 amide bonds. The van der Waals surface area contributed by atoms with Gasteiger partial charge in [-0.2, -0.15) is 0 Å². The molecule has 0 saturated carbocycles. The van der Waals surface area contributed by atoms with Crippen molar-refractivity contribution in [2.24, 2.45) is 0 Å². The van der Waals surface area contributed by atoms with Gasteiger partial charge in [-0.3, -0.25) is 0 Å². The summed E-state index contributed by atoms with van der Waals surface area (Å²) in [7, 11) is 0. The third-order valence-electron chi connectivity index (χ3n) is 9.84. The van der Waals surface area contributed by atoms with Gasteiger partial charge in [-0.05, 0) is 56.6 Å². The van der Waals surface area contributed by atoms with Crippen LogP contribution in [0.3, 0.4) is 0 Å². The van der Waals surface area contributed by atoms with Crippen LogP contribution in [0.15, 0.2) is 182 Å². The maximum absolute atomic E-state index is 7.82. The van der Waals surface area contributed by atoms with E-state index in [1.165, 1.54) is 22.3 Å². The van der Waals surface area contributed by atoms with Crippen molar-refractivity contribution >= 4 is 5.69 Å². The number of rotatable bonds is 6. The van der Waals surface area contributed by atoms with E-state index in [0.717, 1.165) is 38.9 Å². The van der Waals surface area contributed by atoms with Crippen LogP contribution in [-0.2, 0) is 5.41 Å². The second-order valence-electron chi connectivity index (χ2n) is 12.7. The topological polar surface area (TPSA) is 43.0 Å². The summed E-state index contributed by atoms with van der Waals surface area (Å²) in [5, 5.41) is 0. The highest BCUT2D eigenvalue weighted by molar-refractivity contribution is 5.90. The van der Waals surface area contributed by atoms with Crippen LogP contribution >= 0.6 is 0 Å². The van der Waals surface area contributed by atoms with Crippen molar-refractivity contribution in [1.29, 1.82) is 0 Å². The van der Waals surface area contributed by atoms with E-state index in [1.54, 1.807) is 0 Å². The van der Waals surface area contributed by atoms with Crippen molar-refractivity contribution < 1.29 is 0 Å². The lowest BCUT2D eigenvalue weighted by Gasteiger charge is -2.34. The van der Waals surface area contributed by atoms with E-state index in [1.807, 2.05) is 66.7 Å². The minimum atomic E-state index is -0.512. The van der Waals surface area contributed by atoms with Gasteiger partial charge in [0.2, 0.25) is 0 Å². The fourth-order valence-electron chi connectivity index (χ4n) is 7.48. The number of aromatic nitrogens is 3. The van der Waals surface area contributed by atoms with Crippen molar-refractivity contribution in [2.45, 2.75) is 5.41 Å². The van der Waals surface area contributed by atoms with Crippen molar-refractivity contribution in [3.63, 3.8) is 0 Å². The number of nitrogens with zero attached hydrogens (tertiary/aromatic N) is 4. The maximum atomic E-state index is 7.82. The van der Waals surface area contributed by atoms with Gasteiger partial charge in [-0.1, -0.05) is 170 Å². The van der Waals surface area contributed by atoms with E-state index in [0.29, 0.717) is 23.2 Å². The lowest BCUT2D eigenvalue weighted by atomic mass is 9.67. The van der Waals surface area contributed by atoms with Gasteiger partial charge < -0.3 is 0 Å². The van der Waals surface area contributed by atoms with E-state index in [9.17, 15) is 0 Å². The molecule has 1 aliphatic rings. The Bertz CT molecular complexity index is 2460. The summed E-state index contributed by atoms with van der Waals surface area (Å²) in [5.41, 5.74) is 12.1. The Kier molecular flexibility index (Phi) is 7.38. The molecule has 0 N–H and O–H groups in total. The zero-order valence-corrected chi connectivity index (χ0v) is 27.6. The SMILES string of the molecule is [C-]#[N+]c1ccc2c(c1)-c1cc(-c3ccc(-c4nc(-c5ccccc5)nc(-c5ccccc5)n4)cc3)ccc1C2(c1ccccc1)c1ccccc1. The van der Waals surface area contributed by atoms with Crippen molar-refractivity contribution in [2.75, 3.05) is 0 Å². The Morgan fingerprint density at radius 1 is 0.373 bits per heavy atom. The quantitative estimate of drug-likeness (QED) is 0.168. The molecule has 4 nitrogen and oxygen atoms in total. The first-order chi connectivity index (χ1) is 25.2. The lowest BCUT2D eigenvalue weighted by molar-refractivity contribution is 0.768. The molecule has 4 heteroatoms. The zero-order valence-electron chi connectivity index (χ0n) is 27.6. The molecule has 1 aromatic heterocycles. The van der Waals surface area contributed by atoms with Gasteiger partial charge in [-0.25, -0.2) is 19.8 Å². The molecule has 0 radical (unpaired) electrons. The number of benzene rings is 7. The highest BCUT2D eigenvalue weighted by Crippen LogP contribution is 2.57. The molecule has 0 unspecified atom stereocenters. The van der Waals surface area contributed by atoms with Crippen LogP contribution in [0.4, 0.5) is 5.69 Å². The molecule has 7 aromatic carbocycles. The maximum Gasteiger partial charge on any atom is 0.187 e. The highest BCUT2D eigenvalue weighted by Gasteiger charge is 2.46. The predicted molar refractivity (Wildman–Crippen MR) is 205 cm³/mol. The second kappa shape index (κ2) is 12.5. The molecule has 0 fully saturated rings. The molecule has 8 aromatic rings. The Hall–Kier alpha value is -6.96. The Morgan fingerprint density at radius 3 is 1.25 bits per heavy atom. The van der Waals surface area contributed by atoms with E-state index < -0.39 is 5.41 Å². The average Bonchev–Trinajstić information content (AvgIpc) is 3.51. The van der Waals surface area contributed by atoms with E-state index in [-0.39, 0.29) is 0 Å². The smallest absolute Gasteiger partial charge is 0.187 e. The van der Waals surface area contributed by atoms with Gasteiger partial charge in [0, 0.05) is 16.7 Å². The minimum absolute atomic E-state index is 0.512. The molecule has 9 rings (SSSR count). The summed E-state index contributed by atoms with van der Waals surface area (Å²) in [4.78, 5) is 18.5. The molecule has 0 saturated heterocycles. The van der Waals surface area contributed by atoms with Crippen LogP contribution in [0.5, 0.6) is 0 Å². The molecule has 238 valence electrons. The Balaban J connectivity index is 1.17. The molecule has 1 heterocycles. The second-order valence-corrected chi connectivity index (χ2v) is 12.7. The average molecular weight is 651 g/mol.